The number of rotatable bonds is 3. The van der Waals surface area contributed by atoms with E-state index in [2.05, 4.69) is 10.4 Å². The molecule has 1 aliphatic rings. The molecule has 0 saturated carbocycles. The Morgan fingerprint density at radius 1 is 1.69 bits per heavy atom. The number of methoxy groups -OCH3 is 1. The summed E-state index contributed by atoms with van der Waals surface area (Å²) in [5.74, 6) is 0.434. The molecule has 1 fully saturated rings. The Morgan fingerprint density at radius 3 is 3.25 bits per heavy atom. The smallest absolute Gasteiger partial charge is 0.267 e. The first-order valence-electron chi connectivity index (χ1n) is 5.24. The minimum Gasteiger partial charge on any atom is -0.480 e. The Hall–Kier alpha value is -1.40. The molecule has 1 N–H and O–H groups in total. The summed E-state index contributed by atoms with van der Waals surface area (Å²) < 4.78 is 11.9. The maximum Gasteiger partial charge on any atom is 0.267 e. The molecule has 1 aromatic heterocycles. The van der Waals surface area contributed by atoms with Crippen molar-refractivity contribution in [1.82, 2.24) is 15.1 Å². The van der Waals surface area contributed by atoms with Crippen molar-refractivity contribution in [2.75, 3.05) is 26.8 Å². The summed E-state index contributed by atoms with van der Waals surface area (Å²) in [4.78, 5) is 11.5. The Balaban J connectivity index is 2.10. The highest BCUT2D eigenvalue weighted by Gasteiger charge is 2.15. The largest absolute Gasteiger partial charge is 0.480 e. The molecular weight excluding hydrogens is 210 g/mol. The molecule has 2 rings (SSSR count). The van der Waals surface area contributed by atoms with Gasteiger partial charge in [-0.25, -0.2) is 4.68 Å². The molecule has 6 nitrogen and oxygen atoms in total. The minimum absolute atomic E-state index is 0.00828. The molecule has 2 heterocycles. The predicted molar refractivity (Wildman–Crippen MR) is 57.7 cm³/mol. The molecule has 0 bridgehead atoms. The van der Waals surface area contributed by atoms with Gasteiger partial charge in [-0.15, -0.1) is 5.10 Å². The fourth-order valence-corrected chi connectivity index (χ4v) is 1.60. The molecule has 6 heteroatoms. The van der Waals surface area contributed by atoms with E-state index in [0.29, 0.717) is 19.0 Å². The van der Waals surface area contributed by atoms with Crippen LogP contribution in [0.15, 0.2) is 16.9 Å². The van der Waals surface area contributed by atoms with Crippen molar-refractivity contribution in [2.24, 2.45) is 0 Å². The van der Waals surface area contributed by atoms with Crippen molar-refractivity contribution in [3.05, 3.63) is 22.5 Å². The normalized spacial score (nSPS) is 20.7. The van der Waals surface area contributed by atoms with Crippen molar-refractivity contribution in [2.45, 2.75) is 12.6 Å². The average Bonchev–Trinajstić information content (AvgIpc) is 2.33. The lowest BCUT2D eigenvalue weighted by molar-refractivity contribution is 0.0150. The van der Waals surface area contributed by atoms with Gasteiger partial charge in [-0.1, -0.05) is 0 Å². The van der Waals surface area contributed by atoms with Gasteiger partial charge in [0.1, 0.15) is 0 Å². The Kier molecular flexibility index (Phi) is 3.53. The molecule has 1 aliphatic heterocycles. The van der Waals surface area contributed by atoms with E-state index < -0.39 is 0 Å². The van der Waals surface area contributed by atoms with Crippen LogP contribution < -0.4 is 15.6 Å². The van der Waals surface area contributed by atoms with Crippen molar-refractivity contribution >= 4 is 0 Å². The van der Waals surface area contributed by atoms with E-state index in [1.807, 2.05) is 0 Å². The molecular formula is C10H15N3O3. The molecule has 1 atom stereocenters. The second-order valence-electron chi connectivity index (χ2n) is 3.59. The fraction of sp³-hybridized carbons (Fsp3) is 0.600. The molecule has 1 saturated heterocycles. The maximum atomic E-state index is 11.5. The van der Waals surface area contributed by atoms with Gasteiger partial charge < -0.3 is 14.8 Å². The quantitative estimate of drug-likeness (QED) is 0.732. The highest BCUT2D eigenvalue weighted by molar-refractivity contribution is 5.06. The van der Waals surface area contributed by atoms with E-state index in [1.165, 1.54) is 17.9 Å². The maximum absolute atomic E-state index is 11.5. The van der Waals surface area contributed by atoms with Gasteiger partial charge in [0.05, 0.1) is 26.4 Å². The van der Waals surface area contributed by atoms with Gasteiger partial charge >= 0.3 is 0 Å². The summed E-state index contributed by atoms with van der Waals surface area (Å²) in [6, 6.07) is 3.00. The lowest BCUT2D eigenvalue weighted by Gasteiger charge is -2.23. The second kappa shape index (κ2) is 5.09. The van der Waals surface area contributed by atoms with Crippen LogP contribution in [-0.4, -0.2) is 42.7 Å². The van der Waals surface area contributed by atoms with Gasteiger partial charge in [-0.3, -0.25) is 4.79 Å². The fourth-order valence-electron chi connectivity index (χ4n) is 1.60. The summed E-state index contributed by atoms with van der Waals surface area (Å²) in [6.07, 6.45) is -0.00828. The standard InChI is InChI=1S/C10H15N3O3/c1-15-9-2-3-10(14)13(12-9)7-8-6-11-4-5-16-8/h2-3,8,11H,4-7H2,1H3. The third-order valence-electron chi connectivity index (χ3n) is 2.43. The summed E-state index contributed by atoms with van der Waals surface area (Å²) in [5, 5.41) is 7.26. The van der Waals surface area contributed by atoms with Crippen molar-refractivity contribution < 1.29 is 9.47 Å². The van der Waals surface area contributed by atoms with Crippen LogP contribution in [0, 0.1) is 0 Å². The Bertz CT molecular complexity index is 399. The lowest BCUT2D eigenvalue weighted by atomic mass is 10.3. The zero-order chi connectivity index (χ0) is 11.4. The van der Waals surface area contributed by atoms with Gasteiger partial charge in [0.15, 0.2) is 0 Å². The van der Waals surface area contributed by atoms with Crippen LogP contribution in [0.4, 0.5) is 0 Å². The lowest BCUT2D eigenvalue weighted by Crippen LogP contribution is -2.42. The number of hydrogen-bond acceptors (Lipinski definition) is 5. The summed E-state index contributed by atoms with van der Waals surface area (Å²) >= 11 is 0. The zero-order valence-corrected chi connectivity index (χ0v) is 9.18. The Morgan fingerprint density at radius 2 is 2.56 bits per heavy atom. The molecule has 0 spiro atoms. The van der Waals surface area contributed by atoms with Crippen molar-refractivity contribution in [1.29, 1.82) is 0 Å². The van der Waals surface area contributed by atoms with Gasteiger partial charge in [0.2, 0.25) is 5.88 Å². The van der Waals surface area contributed by atoms with Crippen LogP contribution in [0.3, 0.4) is 0 Å². The van der Waals surface area contributed by atoms with Crippen LogP contribution in [0.2, 0.25) is 0 Å². The third kappa shape index (κ3) is 2.59. The number of morpholine rings is 1. The van der Waals surface area contributed by atoms with Crippen molar-refractivity contribution in [3.8, 4) is 5.88 Å². The van der Waals surface area contributed by atoms with E-state index >= 15 is 0 Å². The van der Waals surface area contributed by atoms with E-state index in [1.54, 1.807) is 6.07 Å². The highest BCUT2D eigenvalue weighted by Crippen LogP contribution is 2.02. The number of nitrogens with zero attached hydrogens (tertiary/aromatic N) is 2. The summed E-state index contributed by atoms with van der Waals surface area (Å²) in [7, 11) is 1.52. The summed E-state index contributed by atoms with van der Waals surface area (Å²) in [6.45, 7) is 2.72. The second-order valence-corrected chi connectivity index (χ2v) is 3.59. The van der Waals surface area contributed by atoms with Gasteiger partial charge in [0, 0.05) is 25.2 Å². The molecule has 0 amide bonds. The number of hydrogen-bond donors (Lipinski definition) is 1. The number of nitrogens with one attached hydrogen (secondary N) is 1. The van der Waals surface area contributed by atoms with E-state index in [9.17, 15) is 4.79 Å². The topological polar surface area (TPSA) is 65.4 Å². The van der Waals surface area contributed by atoms with E-state index in [-0.39, 0.29) is 11.7 Å². The Labute approximate surface area is 93.2 Å². The zero-order valence-electron chi connectivity index (χ0n) is 9.18. The first-order valence-corrected chi connectivity index (χ1v) is 5.24. The van der Waals surface area contributed by atoms with Gasteiger partial charge in [0.25, 0.3) is 5.56 Å². The van der Waals surface area contributed by atoms with Crippen LogP contribution in [-0.2, 0) is 11.3 Å². The molecule has 0 aromatic carbocycles. The van der Waals surface area contributed by atoms with Crippen molar-refractivity contribution in [3.63, 3.8) is 0 Å². The molecule has 0 radical (unpaired) electrons. The SMILES string of the molecule is COc1ccc(=O)n(CC2CNCCO2)n1. The molecule has 16 heavy (non-hydrogen) atoms. The van der Waals surface area contributed by atoms with Crippen LogP contribution in [0.5, 0.6) is 5.88 Å². The van der Waals surface area contributed by atoms with E-state index in [0.717, 1.165) is 13.1 Å². The molecule has 88 valence electrons. The van der Waals surface area contributed by atoms with Gasteiger partial charge in [-0.2, -0.15) is 0 Å². The molecule has 0 aliphatic carbocycles. The minimum atomic E-state index is -0.144. The molecule has 1 aromatic rings. The van der Waals surface area contributed by atoms with E-state index in [4.69, 9.17) is 9.47 Å². The first-order chi connectivity index (χ1) is 7.79. The predicted octanol–water partition coefficient (Wildman–Crippen LogP) is -0.760. The van der Waals surface area contributed by atoms with Gasteiger partial charge in [-0.05, 0) is 0 Å². The summed E-state index contributed by atoms with van der Waals surface area (Å²) in [5.41, 5.74) is -0.144. The monoisotopic (exact) mass is 225 g/mol. The number of ether oxygens (including phenoxy) is 2. The first kappa shape index (κ1) is 11.1. The third-order valence-corrected chi connectivity index (χ3v) is 2.43. The van der Waals surface area contributed by atoms with Crippen LogP contribution in [0.25, 0.3) is 0 Å². The number of aromatic nitrogens is 2. The average molecular weight is 225 g/mol. The molecule has 1 unspecified atom stereocenters. The van der Waals surface area contributed by atoms with Crippen LogP contribution >= 0.6 is 0 Å². The van der Waals surface area contributed by atoms with Crippen LogP contribution in [0.1, 0.15) is 0 Å². The highest BCUT2D eigenvalue weighted by atomic mass is 16.5.